The van der Waals surface area contributed by atoms with Crippen molar-refractivity contribution in [2.45, 2.75) is 19.1 Å². The van der Waals surface area contributed by atoms with Crippen LogP contribution in [0.1, 0.15) is 21.6 Å². The molecule has 1 saturated heterocycles. The molecule has 2 aliphatic heterocycles. The number of hydrogen-bond donors (Lipinski definition) is 1. The number of nitrogens with zero attached hydrogens (tertiary/aromatic N) is 2. The van der Waals surface area contributed by atoms with E-state index in [0.29, 0.717) is 42.4 Å². The fourth-order valence-electron chi connectivity index (χ4n) is 2.87. The maximum absolute atomic E-state index is 12.7. The second-order valence-corrected chi connectivity index (χ2v) is 7.01. The molecule has 1 fully saturated rings. The first-order chi connectivity index (χ1) is 11.7. The van der Waals surface area contributed by atoms with E-state index in [9.17, 15) is 9.59 Å². The van der Waals surface area contributed by atoms with Gasteiger partial charge in [-0.05, 0) is 30.7 Å². The van der Waals surface area contributed by atoms with E-state index in [0.717, 1.165) is 17.3 Å². The Morgan fingerprint density at radius 1 is 1.29 bits per heavy atom. The second kappa shape index (κ2) is 6.32. The van der Waals surface area contributed by atoms with E-state index in [1.165, 1.54) is 6.33 Å². The van der Waals surface area contributed by atoms with Crippen LogP contribution in [0.3, 0.4) is 0 Å². The molecule has 7 heteroatoms. The van der Waals surface area contributed by atoms with Crippen molar-refractivity contribution in [1.82, 2.24) is 14.9 Å². The molecule has 0 atom stereocenters. The molecule has 0 unspecified atom stereocenters. The maximum Gasteiger partial charge on any atom is 0.254 e. The average molecular weight is 343 g/mol. The molecule has 2 aliphatic rings. The summed E-state index contributed by atoms with van der Waals surface area (Å²) in [4.78, 5) is 32.9. The Hall–Kier alpha value is -2.28. The van der Waals surface area contributed by atoms with Gasteiger partial charge >= 0.3 is 0 Å². The van der Waals surface area contributed by atoms with Crippen molar-refractivity contribution < 1.29 is 9.53 Å². The topological polar surface area (TPSA) is 75.3 Å². The SMILES string of the molecule is O=C(c1ccc(OC2CSC2)cc1)N1CCc2c(nc[nH]c2=O)C1. The molecule has 124 valence electrons. The Morgan fingerprint density at radius 3 is 2.79 bits per heavy atom. The Balaban J connectivity index is 1.46. The van der Waals surface area contributed by atoms with Gasteiger partial charge in [-0.25, -0.2) is 4.98 Å². The van der Waals surface area contributed by atoms with Crippen LogP contribution in [0.5, 0.6) is 5.75 Å². The lowest BCUT2D eigenvalue weighted by atomic mass is 10.1. The summed E-state index contributed by atoms with van der Waals surface area (Å²) < 4.78 is 5.80. The van der Waals surface area contributed by atoms with E-state index >= 15 is 0 Å². The normalized spacial score (nSPS) is 17.1. The van der Waals surface area contributed by atoms with Crippen molar-refractivity contribution in [3.8, 4) is 5.75 Å². The zero-order valence-corrected chi connectivity index (χ0v) is 13.8. The molecular weight excluding hydrogens is 326 g/mol. The number of ether oxygens (including phenoxy) is 1. The van der Waals surface area contributed by atoms with Crippen molar-refractivity contribution in [3.05, 3.63) is 57.8 Å². The number of H-pyrrole nitrogens is 1. The van der Waals surface area contributed by atoms with Gasteiger partial charge < -0.3 is 14.6 Å². The van der Waals surface area contributed by atoms with Gasteiger partial charge in [-0.3, -0.25) is 9.59 Å². The van der Waals surface area contributed by atoms with E-state index in [4.69, 9.17) is 4.74 Å². The average Bonchev–Trinajstić information content (AvgIpc) is 2.58. The Kier molecular flexibility index (Phi) is 4.02. The summed E-state index contributed by atoms with van der Waals surface area (Å²) in [6.45, 7) is 0.897. The zero-order chi connectivity index (χ0) is 16.5. The third-order valence-corrected chi connectivity index (χ3v) is 5.52. The van der Waals surface area contributed by atoms with E-state index in [2.05, 4.69) is 9.97 Å². The lowest BCUT2D eigenvalue weighted by Gasteiger charge is -2.28. The molecule has 0 saturated carbocycles. The summed E-state index contributed by atoms with van der Waals surface area (Å²) >= 11 is 1.87. The number of amides is 1. The Morgan fingerprint density at radius 2 is 2.08 bits per heavy atom. The van der Waals surface area contributed by atoms with E-state index in [1.807, 2.05) is 23.9 Å². The van der Waals surface area contributed by atoms with E-state index < -0.39 is 0 Å². The number of thioether (sulfide) groups is 1. The number of carbonyl (C=O) groups excluding carboxylic acids is 1. The molecule has 2 aromatic rings. The van der Waals surface area contributed by atoms with Crippen LogP contribution in [0, 0.1) is 0 Å². The zero-order valence-electron chi connectivity index (χ0n) is 13.0. The first-order valence-electron chi connectivity index (χ1n) is 7.90. The molecule has 1 N–H and O–H groups in total. The van der Waals surface area contributed by atoms with Crippen LogP contribution >= 0.6 is 11.8 Å². The summed E-state index contributed by atoms with van der Waals surface area (Å²) in [5, 5.41) is 0. The van der Waals surface area contributed by atoms with Gasteiger partial charge in [0.1, 0.15) is 11.9 Å². The molecule has 0 bridgehead atoms. The number of hydrogen-bond acceptors (Lipinski definition) is 5. The third kappa shape index (κ3) is 2.91. The van der Waals surface area contributed by atoms with Crippen LogP contribution in [0.25, 0.3) is 0 Å². The lowest BCUT2D eigenvalue weighted by Crippen LogP contribution is -2.38. The molecule has 6 nitrogen and oxygen atoms in total. The minimum Gasteiger partial charge on any atom is -0.489 e. The molecule has 1 aromatic carbocycles. The second-order valence-electron chi connectivity index (χ2n) is 5.94. The minimum atomic E-state index is -0.109. The molecule has 0 spiro atoms. The minimum absolute atomic E-state index is 0.0477. The molecule has 0 aliphatic carbocycles. The first kappa shape index (κ1) is 15.3. The Bertz CT molecular complexity index is 815. The monoisotopic (exact) mass is 343 g/mol. The van der Waals surface area contributed by atoms with Crippen LogP contribution < -0.4 is 10.3 Å². The van der Waals surface area contributed by atoms with Crippen LogP contribution in [0.15, 0.2) is 35.4 Å². The predicted octanol–water partition coefficient (Wildman–Crippen LogP) is 1.46. The summed E-state index contributed by atoms with van der Waals surface area (Å²) in [5.74, 6) is 2.81. The smallest absolute Gasteiger partial charge is 0.254 e. The predicted molar refractivity (Wildman–Crippen MR) is 91.5 cm³/mol. The van der Waals surface area contributed by atoms with E-state index in [-0.39, 0.29) is 11.5 Å². The molecule has 24 heavy (non-hydrogen) atoms. The van der Waals surface area contributed by atoms with Gasteiger partial charge in [0.2, 0.25) is 0 Å². The molecular formula is C17H17N3O3S. The number of aromatic nitrogens is 2. The highest BCUT2D eigenvalue weighted by molar-refractivity contribution is 8.00. The lowest BCUT2D eigenvalue weighted by molar-refractivity contribution is 0.0731. The van der Waals surface area contributed by atoms with Gasteiger partial charge in [0.25, 0.3) is 11.5 Å². The fourth-order valence-corrected chi connectivity index (χ4v) is 3.44. The van der Waals surface area contributed by atoms with Gasteiger partial charge in [0, 0.05) is 29.2 Å². The van der Waals surface area contributed by atoms with Gasteiger partial charge in [-0.2, -0.15) is 11.8 Å². The number of fused-ring (bicyclic) bond motifs is 1. The number of carbonyl (C=O) groups is 1. The molecule has 3 heterocycles. The Labute approximate surface area is 143 Å². The van der Waals surface area contributed by atoms with Gasteiger partial charge in [-0.1, -0.05) is 0 Å². The standard InChI is InChI=1S/C17H17N3O3S/c21-16-14-5-6-20(7-15(14)18-10-19-16)17(22)11-1-3-12(4-2-11)23-13-8-24-9-13/h1-4,10,13H,5-9H2,(H,18,19,21). The molecule has 1 amide bonds. The van der Waals surface area contributed by atoms with Crippen LogP contribution in [-0.2, 0) is 13.0 Å². The molecule has 1 aromatic heterocycles. The number of benzene rings is 1. The number of nitrogens with one attached hydrogen (secondary N) is 1. The van der Waals surface area contributed by atoms with Gasteiger partial charge in [0.05, 0.1) is 18.6 Å². The van der Waals surface area contributed by atoms with Crippen molar-refractivity contribution in [3.63, 3.8) is 0 Å². The van der Waals surface area contributed by atoms with E-state index in [1.54, 1.807) is 17.0 Å². The largest absolute Gasteiger partial charge is 0.489 e. The number of aromatic amines is 1. The van der Waals surface area contributed by atoms with Crippen molar-refractivity contribution in [1.29, 1.82) is 0 Å². The fraction of sp³-hybridized carbons (Fsp3) is 0.353. The van der Waals surface area contributed by atoms with Gasteiger partial charge in [0.15, 0.2) is 0 Å². The van der Waals surface area contributed by atoms with Crippen molar-refractivity contribution >= 4 is 17.7 Å². The van der Waals surface area contributed by atoms with Crippen LogP contribution in [-0.4, -0.2) is 44.9 Å². The van der Waals surface area contributed by atoms with Crippen molar-refractivity contribution in [2.24, 2.45) is 0 Å². The van der Waals surface area contributed by atoms with Crippen molar-refractivity contribution in [2.75, 3.05) is 18.1 Å². The maximum atomic E-state index is 12.7. The highest BCUT2D eigenvalue weighted by atomic mass is 32.2. The summed E-state index contributed by atoms with van der Waals surface area (Å²) in [6.07, 6.45) is 2.21. The quantitative estimate of drug-likeness (QED) is 0.913. The highest BCUT2D eigenvalue weighted by Gasteiger charge is 2.24. The van der Waals surface area contributed by atoms with Crippen LogP contribution in [0.2, 0.25) is 0 Å². The third-order valence-electron chi connectivity index (χ3n) is 4.31. The molecule has 0 radical (unpaired) electrons. The summed E-state index contributed by atoms with van der Waals surface area (Å²) in [6, 6.07) is 7.28. The van der Waals surface area contributed by atoms with Gasteiger partial charge in [-0.15, -0.1) is 0 Å². The first-order valence-corrected chi connectivity index (χ1v) is 9.05. The summed E-state index contributed by atoms with van der Waals surface area (Å²) in [5.41, 5.74) is 1.88. The van der Waals surface area contributed by atoms with Crippen LogP contribution in [0.4, 0.5) is 0 Å². The highest BCUT2D eigenvalue weighted by Crippen LogP contribution is 2.24. The number of rotatable bonds is 3. The molecule has 4 rings (SSSR count). The summed E-state index contributed by atoms with van der Waals surface area (Å²) in [7, 11) is 0.